The van der Waals surface area contributed by atoms with Gasteiger partial charge in [0.05, 0.1) is 12.2 Å². The summed E-state index contributed by atoms with van der Waals surface area (Å²) in [6, 6.07) is 24.4. The number of nitrogens with zero attached hydrogens (tertiary/aromatic N) is 1. The van der Waals surface area contributed by atoms with Gasteiger partial charge in [0.1, 0.15) is 12.4 Å². The Morgan fingerprint density at radius 1 is 0.893 bits per heavy atom. The molecule has 5 N–H and O–H groups in total. The third-order valence-electron chi connectivity index (χ3n) is 4.04. The van der Waals surface area contributed by atoms with Gasteiger partial charge >= 0.3 is 0 Å². The maximum Gasteiger partial charge on any atom is 0.248 e. The van der Waals surface area contributed by atoms with Crippen LogP contribution in [-0.4, -0.2) is 11.9 Å². The van der Waals surface area contributed by atoms with E-state index in [0.717, 1.165) is 11.1 Å². The molecule has 0 aromatic heterocycles. The summed E-state index contributed by atoms with van der Waals surface area (Å²) in [6.45, 7) is 0.804. The Balaban J connectivity index is 1.75. The van der Waals surface area contributed by atoms with Gasteiger partial charge in [-0.2, -0.15) is 0 Å². The normalized spacial score (nSPS) is 11.1. The van der Waals surface area contributed by atoms with E-state index in [1.807, 2.05) is 60.7 Å². The molecule has 0 aliphatic heterocycles. The molecule has 0 fully saturated rings. The molecule has 1 amide bonds. The first-order chi connectivity index (χ1) is 13.6. The zero-order chi connectivity index (χ0) is 19.8. The zero-order valence-electron chi connectivity index (χ0n) is 15.3. The average molecular weight is 374 g/mol. The molecule has 3 aromatic carbocycles. The standard InChI is InChI=1S/C22H22N4O2/c23-21(27)18-11-12-19(20(13-18)28-15-17-9-5-2-6-10-17)26-22(24)25-14-16-7-3-1-4-8-16/h1-13H,14-15H2,(H2,23,27)(H3,24,25,26). The van der Waals surface area contributed by atoms with Crippen molar-refractivity contribution in [3.63, 3.8) is 0 Å². The Hall–Kier alpha value is -3.80. The lowest BCUT2D eigenvalue weighted by atomic mass is 10.1. The molecule has 0 aliphatic carbocycles. The molecule has 0 atom stereocenters. The highest BCUT2D eigenvalue weighted by molar-refractivity contribution is 5.97. The van der Waals surface area contributed by atoms with E-state index in [1.54, 1.807) is 18.2 Å². The second kappa shape index (κ2) is 9.23. The highest BCUT2D eigenvalue weighted by Crippen LogP contribution is 2.27. The first-order valence-electron chi connectivity index (χ1n) is 8.83. The molecule has 0 radical (unpaired) electrons. The second-order valence-electron chi connectivity index (χ2n) is 6.16. The third-order valence-corrected chi connectivity index (χ3v) is 4.04. The summed E-state index contributed by atoms with van der Waals surface area (Å²) in [4.78, 5) is 15.9. The summed E-state index contributed by atoms with van der Waals surface area (Å²) >= 11 is 0. The smallest absolute Gasteiger partial charge is 0.248 e. The van der Waals surface area contributed by atoms with E-state index in [0.29, 0.717) is 30.2 Å². The maximum atomic E-state index is 11.5. The number of ether oxygens (including phenoxy) is 1. The topological polar surface area (TPSA) is 103 Å². The van der Waals surface area contributed by atoms with E-state index in [2.05, 4.69) is 10.3 Å². The summed E-state index contributed by atoms with van der Waals surface area (Å²) in [5, 5.41) is 3.03. The van der Waals surface area contributed by atoms with Crippen LogP contribution in [0, 0.1) is 0 Å². The van der Waals surface area contributed by atoms with Crippen molar-refractivity contribution in [1.82, 2.24) is 0 Å². The second-order valence-corrected chi connectivity index (χ2v) is 6.16. The summed E-state index contributed by atoms with van der Waals surface area (Å²) < 4.78 is 5.90. The summed E-state index contributed by atoms with van der Waals surface area (Å²) in [5.41, 5.74) is 14.4. The fraction of sp³-hybridized carbons (Fsp3) is 0.0909. The van der Waals surface area contributed by atoms with Crippen LogP contribution in [0.1, 0.15) is 21.5 Å². The number of rotatable bonds is 7. The van der Waals surface area contributed by atoms with E-state index in [1.165, 1.54) is 0 Å². The highest BCUT2D eigenvalue weighted by atomic mass is 16.5. The lowest BCUT2D eigenvalue weighted by molar-refractivity contribution is 0.1000. The number of guanidine groups is 1. The minimum atomic E-state index is -0.526. The van der Waals surface area contributed by atoms with Gasteiger partial charge in [0.15, 0.2) is 5.96 Å². The van der Waals surface area contributed by atoms with Crippen LogP contribution < -0.4 is 21.5 Å². The number of carbonyl (C=O) groups excluding carboxylic acids is 1. The maximum absolute atomic E-state index is 11.5. The molecule has 0 saturated carbocycles. The van der Waals surface area contributed by atoms with Crippen LogP contribution in [0.4, 0.5) is 5.69 Å². The Labute approximate surface area is 163 Å². The SMILES string of the molecule is NC(=O)c1ccc(NC(N)=NCc2ccccc2)c(OCc2ccccc2)c1. The Morgan fingerprint density at radius 3 is 2.18 bits per heavy atom. The third kappa shape index (κ3) is 5.35. The molecule has 142 valence electrons. The molecule has 3 aromatic rings. The monoisotopic (exact) mass is 374 g/mol. The number of nitrogens with two attached hydrogens (primary N) is 2. The molecule has 0 spiro atoms. The van der Waals surface area contributed by atoms with E-state index in [-0.39, 0.29) is 5.96 Å². The van der Waals surface area contributed by atoms with Crippen LogP contribution in [0.25, 0.3) is 0 Å². The van der Waals surface area contributed by atoms with Crippen molar-refractivity contribution in [2.75, 3.05) is 5.32 Å². The summed E-state index contributed by atoms with van der Waals surface area (Å²) in [6.07, 6.45) is 0. The van der Waals surface area contributed by atoms with E-state index < -0.39 is 5.91 Å². The quantitative estimate of drug-likeness (QED) is 0.436. The van der Waals surface area contributed by atoms with Crippen molar-refractivity contribution >= 4 is 17.6 Å². The van der Waals surface area contributed by atoms with Gasteiger partial charge in [-0.25, -0.2) is 4.99 Å². The summed E-state index contributed by atoms with van der Waals surface area (Å²) in [5.74, 6) is 0.195. The van der Waals surface area contributed by atoms with Gasteiger partial charge in [-0.05, 0) is 29.3 Å². The van der Waals surface area contributed by atoms with Crippen molar-refractivity contribution in [3.05, 3.63) is 95.6 Å². The Bertz CT molecular complexity index is 957. The molecular formula is C22H22N4O2. The molecule has 0 saturated heterocycles. The molecule has 0 aliphatic rings. The predicted octanol–water partition coefficient (Wildman–Crippen LogP) is 3.29. The lowest BCUT2D eigenvalue weighted by Crippen LogP contribution is -2.23. The first-order valence-corrected chi connectivity index (χ1v) is 8.83. The molecule has 0 heterocycles. The molecule has 0 unspecified atom stereocenters. The van der Waals surface area contributed by atoms with Gasteiger partial charge in [0, 0.05) is 5.56 Å². The average Bonchev–Trinajstić information content (AvgIpc) is 2.73. The first kappa shape index (κ1) is 19.0. The predicted molar refractivity (Wildman–Crippen MR) is 111 cm³/mol. The van der Waals surface area contributed by atoms with E-state index >= 15 is 0 Å². The lowest BCUT2D eigenvalue weighted by Gasteiger charge is -2.14. The largest absolute Gasteiger partial charge is 0.487 e. The zero-order valence-corrected chi connectivity index (χ0v) is 15.3. The number of primary amides is 1. The minimum Gasteiger partial charge on any atom is -0.487 e. The van der Waals surface area contributed by atoms with E-state index in [9.17, 15) is 4.79 Å². The minimum absolute atomic E-state index is 0.250. The number of hydrogen-bond donors (Lipinski definition) is 3. The van der Waals surface area contributed by atoms with E-state index in [4.69, 9.17) is 16.2 Å². The molecule has 0 bridgehead atoms. The number of nitrogens with one attached hydrogen (secondary N) is 1. The summed E-state index contributed by atoms with van der Waals surface area (Å²) in [7, 11) is 0. The number of benzene rings is 3. The van der Waals surface area contributed by atoms with Gasteiger partial charge < -0.3 is 21.5 Å². The van der Waals surface area contributed by atoms with Crippen LogP contribution in [-0.2, 0) is 13.2 Å². The van der Waals surface area contributed by atoms with Crippen molar-refractivity contribution in [1.29, 1.82) is 0 Å². The molecule has 6 heteroatoms. The van der Waals surface area contributed by atoms with Gasteiger partial charge in [-0.1, -0.05) is 60.7 Å². The molecule has 28 heavy (non-hydrogen) atoms. The van der Waals surface area contributed by atoms with Crippen molar-refractivity contribution < 1.29 is 9.53 Å². The Morgan fingerprint density at radius 2 is 1.54 bits per heavy atom. The number of aliphatic imine (C=N–C) groups is 1. The van der Waals surface area contributed by atoms with Crippen molar-refractivity contribution in [3.8, 4) is 5.75 Å². The fourth-order valence-electron chi connectivity index (χ4n) is 2.57. The van der Waals surface area contributed by atoms with Gasteiger partial charge in [0.25, 0.3) is 0 Å². The van der Waals surface area contributed by atoms with Crippen molar-refractivity contribution in [2.24, 2.45) is 16.5 Å². The molecule has 3 rings (SSSR count). The van der Waals surface area contributed by atoms with Crippen LogP contribution in [0.15, 0.2) is 83.9 Å². The number of carbonyl (C=O) groups is 1. The number of amides is 1. The van der Waals surface area contributed by atoms with Crippen LogP contribution in [0.3, 0.4) is 0 Å². The molecule has 6 nitrogen and oxygen atoms in total. The number of hydrogen-bond acceptors (Lipinski definition) is 3. The van der Waals surface area contributed by atoms with Gasteiger partial charge in [0.2, 0.25) is 5.91 Å². The van der Waals surface area contributed by atoms with Gasteiger partial charge in [-0.15, -0.1) is 0 Å². The van der Waals surface area contributed by atoms with Crippen LogP contribution >= 0.6 is 0 Å². The van der Waals surface area contributed by atoms with Crippen molar-refractivity contribution in [2.45, 2.75) is 13.2 Å². The van der Waals surface area contributed by atoms with Crippen LogP contribution in [0.2, 0.25) is 0 Å². The van der Waals surface area contributed by atoms with Gasteiger partial charge in [-0.3, -0.25) is 4.79 Å². The highest BCUT2D eigenvalue weighted by Gasteiger charge is 2.10. The fourth-order valence-corrected chi connectivity index (χ4v) is 2.57. The Kier molecular flexibility index (Phi) is 6.25. The van der Waals surface area contributed by atoms with Crippen LogP contribution in [0.5, 0.6) is 5.75 Å². The molecular weight excluding hydrogens is 352 g/mol. The number of anilines is 1.